The molecule has 8 heteroatoms. The van der Waals surface area contributed by atoms with Gasteiger partial charge in [-0.15, -0.1) is 0 Å². The van der Waals surface area contributed by atoms with Crippen LogP contribution in [0.1, 0.15) is 38.1 Å². The Hall–Kier alpha value is -2.61. The third-order valence-electron chi connectivity index (χ3n) is 4.67. The van der Waals surface area contributed by atoms with Crippen LogP contribution in [0, 0.1) is 5.92 Å². The third kappa shape index (κ3) is 6.45. The second kappa shape index (κ2) is 10.2. The lowest BCUT2D eigenvalue weighted by molar-refractivity contribution is -0.159. The van der Waals surface area contributed by atoms with Crippen molar-refractivity contribution >= 4 is 17.8 Å². The fourth-order valence-corrected chi connectivity index (χ4v) is 3.16. The molecule has 0 saturated carbocycles. The summed E-state index contributed by atoms with van der Waals surface area (Å²) in [6, 6.07) is 5.70. The first-order chi connectivity index (χ1) is 13.7. The Morgan fingerprint density at radius 1 is 1.14 bits per heavy atom. The van der Waals surface area contributed by atoms with Crippen LogP contribution in [0.15, 0.2) is 24.3 Å². The molecular weight excluding hydrogens is 376 g/mol. The van der Waals surface area contributed by atoms with Gasteiger partial charge in [-0.3, -0.25) is 9.59 Å². The summed E-state index contributed by atoms with van der Waals surface area (Å²) in [4.78, 5) is 39.0. The molecule has 1 aliphatic rings. The number of carbonyl (C=O) groups is 3. The molecule has 1 heterocycles. The molecule has 0 spiro atoms. The highest BCUT2D eigenvalue weighted by Gasteiger charge is 2.29. The lowest BCUT2D eigenvalue weighted by atomic mass is 10.0. The monoisotopic (exact) mass is 406 g/mol. The number of amides is 2. The Balaban J connectivity index is 1.92. The van der Waals surface area contributed by atoms with Crippen LogP contribution in [0.4, 0.5) is 0 Å². The molecule has 0 aliphatic carbocycles. The van der Waals surface area contributed by atoms with Crippen LogP contribution in [-0.2, 0) is 19.1 Å². The van der Waals surface area contributed by atoms with Gasteiger partial charge in [0.05, 0.1) is 19.3 Å². The first-order valence-corrected chi connectivity index (χ1v) is 9.76. The fourth-order valence-electron chi connectivity index (χ4n) is 3.16. The van der Waals surface area contributed by atoms with Gasteiger partial charge in [0.2, 0.25) is 0 Å². The summed E-state index contributed by atoms with van der Waals surface area (Å²) in [5.41, 5.74) is 0.400. The Bertz CT molecular complexity index is 708. The molecule has 1 N–H and O–H groups in total. The molecule has 8 nitrogen and oxygen atoms in total. The minimum atomic E-state index is -0.861. The summed E-state index contributed by atoms with van der Waals surface area (Å²) in [7, 11) is 1.54. The molecule has 0 radical (unpaired) electrons. The highest BCUT2D eigenvalue weighted by Crippen LogP contribution is 2.13. The van der Waals surface area contributed by atoms with Gasteiger partial charge in [0.25, 0.3) is 11.8 Å². The molecule has 1 aromatic carbocycles. The number of ether oxygens (including phenoxy) is 3. The van der Waals surface area contributed by atoms with Gasteiger partial charge in [0, 0.05) is 18.7 Å². The zero-order chi connectivity index (χ0) is 21.6. The number of nitrogens with zero attached hydrogens (tertiary/aromatic N) is 1. The van der Waals surface area contributed by atoms with Gasteiger partial charge >= 0.3 is 5.97 Å². The molecule has 2 rings (SSSR count). The molecule has 0 aromatic heterocycles. The normalized spacial score (nSPS) is 20.1. The van der Waals surface area contributed by atoms with Gasteiger partial charge in [0.1, 0.15) is 11.8 Å². The molecule has 160 valence electrons. The van der Waals surface area contributed by atoms with Gasteiger partial charge in [-0.1, -0.05) is 13.8 Å². The van der Waals surface area contributed by atoms with E-state index in [2.05, 4.69) is 5.32 Å². The summed E-state index contributed by atoms with van der Waals surface area (Å²) in [6.45, 7) is 7.95. The second-order valence-corrected chi connectivity index (χ2v) is 7.59. The van der Waals surface area contributed by atoms with Crippen LogP contribution < -0.4 is 10.1 Å². The van der Waals surface area contributed by atoms with E-state index in [9.17, 15) is 14.4 Å². The molecule has 1 aromatic rings. The minimum absolute atomic E-state index is 0.0643. The maximum Gasteiger partial charge on any atom is 0.329 e. The lowest BCUT2D eigenvalue weighted by Gasteiger charge is -2.35. The van der Waals surface area contributed by atoms with Gasteiger partial charge in [-0.25, -0.2) is 4.79 Å². The van der Waals surface area contributed by atoms with Gasteiger partial charge in [0.15, 0.2) is 6.61 Å². The topological polar surface area (TPSA) is 94.2 Å². The number of methoxy groups -OCH3 is 1. The van der Waals surface area contributed by atoms with Crippen LogP contribution in [0.25, 0.3) is 0 Å². The molecule has 0 unspecified atom stereocenters. The number of benzene rings is 1. The quantitative estimate of drug-likeness (QED) is 0.692. The Kier molecular flexibility index (Phi) is 8.01. The minimum Gasteiger partial charge on any atom is -0.497 e. The summed E-state index contributed by atoms with van der Waals surface area (Å²) in [5, 5.41) is 2.69. The molecular formula is C21H30N2O6. The number of carbonyl (C=O) groups excluding carboxylic acids is 3. The number of hydrogen-bond donors (Lipinski definition) is 1. The number of morpholine rings is 1. The first kappa shape index (κ1) is 22.7. The van der Waals surface area contributed by atoms with Gasteiger partial charge < -0.3 is 24.4 Å². The zero-order valence-corrected chi connectivity index (χ0v) is 17.6. The van der Waals surface area contributed by atoms with E-state index in [-0.39, 0.29) is 30.6 Å². The zero-order valence-electron chi connectivity index (χ0n) is 17.6. The predicted octanol–water partition coefficient (Wildman–Crippen LogP) is 1.63. The van der Waals surface area contributed by atoms with Crippen molar-refractivity contribution in [3.63, 3.8) is 0 Å². The third-order valence-corrected chi connectivity index (χ3v) is 4.67. The van der Waals surface area contributed by atoms with E-state index in [1.54, 1.807) is 50.1 Å². The number of hydrogen-bond acceptors (Lipinski definition) is 6. The van der Waals surface area contributed by atoms with Crippen LogP contribution >= 0.6 is 0 Å². The van der Waals surface area contributed by atoms with E-state index in [0.29, 0.717) is 24.4 Å². The Morgan fingerprint density at radius 2 is 1.72 bits per heavy atom. The SMILES string of the molecule is COc1ccc(C(=O)N[C@H](C(=O)OCC(=O)N2C[C@@H](C)O[C@@H](C)C2)C(C)C)cc1. The van der Waals surface area contributed by atoms with Gasteiger partial charge in [-0.05, 0) is 44.0 Å². The average molecular weight is 406 g/mol. The summed E-state index contributed by atoms with van der Waals surface area (Å²) in [5.74, 6) is -0.880. The average Bonchev–Trinajstić information content (AvgIpc) is 2.68. The second-order valence-electron chi connectivity index (χ2n) is 7.59. The molecule has 1 aliphatic heterocycles. The van der Waals surface area contributed by atoms with Crippen molar-refractivity contribution in [2.75, 3.05) is 26.8 Å². The molecule has 0 bridgehead atoms. The van der Waals surface area contributed by atoms with E-state index in [0.717, 1.165) is 0 Å². The van der Waals surface area contributed by atoms with Crippen molar-refractivity contribution in [3.8, 4) is 5.75 Å². The maximum absolute atomic E-state index is 12.5. The molecule has 1 fully saturated rings. The van der Waals surface area contributed by atoms with Crippen LogP contribution in [0.2, 0.25) is 0 Å². The van der Waals surface area contributed by atoms with Crippen LogP contribution in [0.3, 0.4) is 0 Å². The van der Waals surface area contributed by atoms with Crippen molar-refractivity contribution < 1.29 is 28.6 Å². The van der Waals surface area contributed by atoms with Gasteiger partial charge in [-0.2, -0.15) is 0 Å². The van der Waals surface area contributed by atoms with E-state index in [1.165, 1.54) is 0 Å². The Morgan fingerprint density at radius 3 is 2.24 bits per heavy atom. The largest absolute Gasteiger partial charge is 0.497 e. The molecule has 3 atom stereocenters. The van der Waals surface area contributed by atoms with Crippen molar-refractivity contribution in [1.82, 2.24) is 10.2 Å². The fraction of sp³-hybridized carbons (Fsp3) is 0.571. The van der Waals surface area contributed by atoms with Crippen molar-refractivity contribution in [2.24, 2.45) is 5.92 Å². The lowest BCUT2D eigenvalue weighted by Crippen LogP contribution is -2.50. The summed E-state index contributed by atoms with van der Waals surface area (Å²) >= 11 is 0. The maximum atomic E-state index is 12.5. The van der Waals surface area contributed by atoms with Crippen molar-refractivity contribution in [3.05, 3.63) is 29.8 Å². The van der Waals surface area contributed by atoms with Crippen molar-refractivity contribution in [2.45, 2.75) is 45.9 Å². The first-order valence-electron chi connectivity index (χ1n) is 9.76. The Labute approximate surface area is 171 Å². The molecule has 29 heavy (non-hydrogen) atoms. The number of nitrogens with one attached hydrogen (secondary N) is 1. The molecule has 1 saturated heterocycles. The highest BCUT2D eigenvalue weighted by atomic mass is 16.5. The highest BCUT2D eigenvalue weighted by molar-refractivity contribution is 5.97. The standard InChI is InChI=1S/C21H30N2O6/c1-13(2)19(22-20(25)16-6-8-17(27-5)9-7-16)21(26)28-12-18(24)23-10-14(3)29-15(4)11-23/h6-9,13-15,19H,10-12H2,1-5H3,(H,22,25)/t14-,15+,19-/m0/s1. The van der Waals surface area contributed by atoms with Crippen LogP contribution in [-0.4, -0.2) is 67.7 Å². The van der Waals surface area contributed by atoms with Crippen molar-refractivity contribution in [1.29, 1.82) is 0 Å². The van der Waals surface area contributed by atoms with Crippen LogP contribution in [0.5, 0.6) is 5.75 Å². The molecule has 2 amide bonds. The summed E-state index contributed by atoms with van der Waals surface area (Å²) < 4.78 is 15.9. The van der Waals surface area contributed by atoms with E-state index in [1.807, 2.05) is 13.8 Å². The smallest absolute Gasteiger partial charge is 0.329 e. The van der Waals surface area contributed by atoms with E-state index >= 15 is 0 Å². The number of rotatable bonds is 7. The number of esters is 1. The van der Waals surface area contributed by atoms with E-state index < -0.39 is 17.9 Å². The predicted molar refractivity (Wildman–Crippen MR) is 107 cm³/mol. The summed E-state index contributed by atoms with van der Waals surface area (Å²) in [6.07, 6.45) is -0.129. The van der Waals surface area contributed by atoms with E-state index in [4.69, 9.17) is 14.2 Å².